The number of amides is 3. The van der Waals surface area contributed by atoms with Crippen LogP contribution in [0.1, 0.15) is 12.5 Å². The van der Waals surface area contributed by atoms with Crippen LogP contribution in [0.5, 0.6) is 0 Å². The molecule has 0 aliphatic carbocycles. The highest BCUT2D eigenvalue weighted by Gasteiger charge is 2.14. The summed E-state index contributed by atoms with van der Waals surface area (Å²) in [4.78, 5) is 32.7. The number of imide groups is 1. The monoisotopic (exact) mass is 280 g/mol. The van der Waals surface area contributed by atoms with Gasteiger partial charge < -0.3 is 10.6 Å². The second-order valence-electron chi connectivity index (χ2n) is 4.10. The standard InChI is InChI=1S/C12H16N4O4/c1-8(11(17)15-12(18)13-2)14-7-9-4-3-5-10(6-9)16(19)20/h3-6,8,14H,7H2,1-2H3,(H2,13,15,17,18). The number of nitro benzene ring substituents is 1. The molecule has 0 aromatic heterocycles. The number of benzene rings is 1. The van der Waals surface area contributed by atoms with E-state index in [1.54, 1.807) is 19.1 Å². The highest BCUT2D eigenvalue weighted by Crippen LogP contribution is 2.12. The maximum Gasteiger partial charge on any atom is 0.321 e. The molecule has 8 nitrogen and oxygen atoms in total. The average Bonchev–Trinajstić information content (AvgIpc) is 2.44. The minimum Gasteiger partial charge on any atom is -0.341 e. The van der Waals surface area contributed by atoms with E-state index in [9.17, 15) is 19.7 Å². The maximum absolute atomic E-state index is 11.6. The van der Waals surface area contributed by atoms with Gasteiger partial charge in [-0.15, -0.1) is 0 Å². The fourth-order valence-electron chi connectivity index (χ4n) is 1.43. The molecule has 0 bridgehead atoms. The van der Waals surface area contributed by atoms with Gasteiger partial charge in [-0.25, -0.2) is 4.79 Å². The summed E-state index contributed by atoms with van der Waals surface area (Å²) in [5.41, 5.74) is 0.672. The Balaban J connectivity index is 2.54. The van der Waals surface area contributed by atoms with E-state index in [1.165, 1.54) is 19.2 Å². The van der Waals surface area contributed by atoms with Crippen molar-refractivity contribution < 1.29 is 14.5 Å². The predicted molar refractivity (Wildman–Crippen MR) is 72.0 cm³/mol. The summed E-state index contributed by atoms with van der Waals surface area (Å²) >= 11 is 0. The van der Waals surface area contributed by atoms with Crippen molar-refractivity contribution in [3.63, 3.8) is 0 Å². The van der Waals surface area contributed by atoms with Crippen LogP contribution in [-0.2, 0) is 11.3 Å². The molecule has 3 N–H and O–H groups in total. The largest absolute Gasteiger partial charge is 0.341 e. The molecular weight excluding hydrogens is 264 g/mol. The lowest BCUT2D eigenvalue weighted by Gasteiger charge is -2.13. The van der Waals surface area contributed by atoms with Gasteiger partial charge in [0.1, 0.15) is 0 Å². The third-order valence-corrected chi connectivity index (χ3v) is 2.59. The number of carbonyl (C=O) groups is 2. The Kier molecular flexibility index (Phi) is 5.60. The van der Waals surface area contributed by atoms with Gasteiger partial charge >= 0.3 is 6.03 Å². The minimum absolute atomic E-state index is 0.00762. The van der Waals surface area contributed by atoms with Gasteiger partial charge in [-0.1, -0.05) is 12.1 Å². The molecule has 0 aliphatic heterocycles. The number of carbonyl (C=O) groups excluding carboxylic acids is 2. The van der Waals surface area contributed by atoms with E-state index in [1.807, 2.05) is 0 Å². The summed E-state index contributed by atoms with van der Waals surface area (Å²) < 4.78 is 0. The first-order valence-electron chi connectivity index (χ1n) is 5.93. The molecule has 0 heterocycles. The fourth-order valence-corrected chi connectivity index (χ4v) is 1.43. The molecular formula is C12H16N4O4. The molecule has 1 aromatic rings. The predicted octanol–water partition coefficient (Wildman–Crippen LogP) is 0.529. The van der Waals surface area contributed by atoms with Crippen LogP contribution < -0.4 is 16.0 Å². The molecule has 0 spiro atoms. The van der Waals surface area contributed by atoms with Gasteiger partial charge in [0, 0.05) is 25.7 Å². The van der Waals surface area contributed by atoms with Gasteiger partial charge in [-0.05, 0) is 12.5 Å². The van der Waals surface area contributed by atoms with Gasteiger partial charge in [0.2, 0.25) is 5.91 Å². The average molecular weight is 280 g/mol. The van der Waals surface area contributed by atoms with Crippen molar-refractivity contribution in [1.82, 2.24) is 16.0 Å². The van der Waals surface area contributed by atoms with Gasteiger partial charge in [-0.2, -0.15) is 0 Å². The Hall–Kier alpha value is -2.48. The first-order valence-corrected chi connectivity index (χ1v) is 5.93. The zero-order valence-corrected chi connectivity index (χ0v) is 11.2. The number of nitro groups is 1. The molecule has 0 aliphatic rings. The van der Waals surface area contributed by atoms with Crippen molar-refractivity contribution in [2.75, 3.05) is 7.05 Å². The van der Waals surface area contributed by atoms with E-state index in [2.05, 4.69) is 16.0 Å². The first-order chi connectivity index (χ1) is 9.43. The van der Waals surface area contributed by atoms with E-state index in [0.29, 0.717) is 5.56 Å². The quantitative estimate of drug-likeness (QED) is 0.537. The lowest BCUT2D eigenvalue weighted by Crippen LogP contribution is -2.47. The summed E-state index contributed by atoms with van der Waals surface area (Å²) in [6, 6.07) is 4.92. The summed E-state index contributed by atoms with van der Waals surface area (Å²) in [5, 5.41) is 17.9. The van der Waals surface area contributed by atoms with Crippen molar-refractivity contribution in [1.29, 1.82) is 0 Å². The lowest BCUT2D eigenvalue weighted by atomic mass is 10.2. The highest BCUT2D eigenvalue weighted by molar-refractivity contribution is 5.96. The lowest BCUT2D eigenvalue weighted by molar-refractivity contribution is -0.384. The second-order valence-corrected chi connectivity index (χ2v) is 4.10. The van der Waals surface area contributed by atoms with Gasteiger partial charge in [0.15, 0.2) is 0 Å². The summed E-state index contributed by atoms with van der Waals surface area (Å²) in [5.74, 6) is -0.477. The Bertz CT molecular complexity index is 518. The van der Waals surface area contributed by atoms with E-state index in [0.717, 1.165) is 0 Å². The van der Waals surface area contributed by atoms with E-state index in [4.69, 9.17) is 0 Å². The SMILES string of the molecule is CNC(=O)NC(=O)C(C)NCc1cccc([N+](=O)[O-])c1. The zero-order valence-electron chi connectivity index (χ0n) is 11.2. The minimum atomic E-state index is -0.605. The van der Waals surface area contributed by atoms with Crippen molar-refractivity contribution in [3.8, 4) is 0 Å². The van der Waals surface area contributed by atoms with Crippen LogP contribution in [-0.4, -0.2) is 30.0 Å². The fraction of sp³-hybridized carbons (Fsp3) is 0.333. The number of hydrogen-bond acceptors (Lipinski definition) is 5. The molecule has 1 unspecified atom stereocenters. The van der Waals surface area contributed by atoms with Crippen molar-refractivity contribution >= 4 is 17.6 Å². The van der Waals surface area contributed by atoms with E-state index in [-0.39, 0.29) is 12.2 Å². The number of rotatable bonds is 5. The smallest absolute Gasteiger partial charge is 0.321 e. The molecule has 20 heavy (non-hydrogen) atoms. The number of nitrogens with one attached hydrogen (secondary N) is 3. The van der Waals surface area contributed by atoms with Crippen LogP contribution in [0, 0.1) is 10.1 Å². The summed E-state index contributed by atoms with van der Waals surface area (Å²) in [7, 11) is 1.41. The number of hydrogen-bond donors (Lipinski definition) is 3. The van der Waals surface area contributed by atoms with Crippen molar-refractivity contribution in [2.24, 2.45) is 0 Å². The zero-order chi connectivity index (χ0) is 15.1. The molecule has 108 valence electrons. The van der Waals surface area contributed by atoms with Gasteiger partial charge in [0.05, 0.1) is 11.0 Å². The third kappa shape index (κ3) is 4.65. The van der Waals surface area contributed by atoms with Crippen molar-refractivity contribution in [3.05, 3.63) is 39.9 Å². The molecule has 8 heteroatoms. The Morgan fingerprint density at radius 3 is 2.70 bits per heavy atom. The Morgan fingerprint density at radius 2 is 2.10 bits per heavy atom. The number of nitrogens with zero attached hydrogens (tertiary/aromatic N) is 1. The molecule has 1 atom stereocenters. The topological polar surface area (TPSA) is 113 Å². The maximum atomic E-state index is 11.6. The molecule has 3 amide bonds. The van der Waals surface area contributed by atoms with Crippen LogP contribution in [0.3, 0.4) is 0 Å². The van der Waals surface area contributed by atoms with Crippen LogP contribution in [0.4, 0.5) is 10.5 Å². The molecule has 0 saturated carbocycles. The normalized spacial score (nSPS) is 11.5. The second kappa shape index (κ2) is 7.19. The molecule has 1 rings (SSSR count). The summed E-state index contributed by atoms with van der Waals surface area (Å²) in [6.45, 7) is 1.87. The Morgan fingerprint density at radius 1 is 1.40 bits per heavy atom. The molecule has 0 radical (unpaired) electrons. The molecule has 1 aromatic carbocycles. The van der Waals surface area contributed by atoms with Gasteiger partial charge in [-0.3, -0.25) is 20.2 Å². The number of urea groups is 1. The van der Waals surface area contributed by atoms with Gasteiger partial charge in [0.25, 0.3) is 5.69 Å². The first kappa shape index (κ1) is 15.6. The van der Waals surface area contributed by atoms with Crippen LogP contribution in [0.25, 0.3) is 0 Å². The Labute approximate surface area is 115 Å². The molecule has 0 saturated heterocycles. The summed E-state index contributed by atoms with van der Waals surface area (Å²) in [6.07, 6.45) is 0. The van der Waals surface area contributed by atoms with Crippen LogP contribution in [0.2, 0.25) is 0 Å². The highest BCUT2D eigenvalue weighted by atomic mass is 16.6. The van der Waals surface area contributed by atoms with E-state index < -0.39 is 22.9 Å². The van der Waals surface area contributed by atoms with Crippen molar-refractivity contribution in [2.45, 2.75) is 19.5 Å². The van der Waals surface area contributed by atoms with E-state index >= 15 is 0 Å². The molecule has 0 fully saturated rings. The third-order valence-electron chi connectivity index (χ3n) is 2.59. The number of non-ortho nitro benzene ring substituents is 1. The van der Waals surface area contributed by atoms with Crippen LogP contribution >= 0.6 is 0 Å². The van der Waals surface area contributed by atoms with Crippen LogP contribution in [0.15, 0.2) is 24.3 Å².